The van der Waals surface area contributed by atoms with E-state index in [1.54, 1.807) is 18.4 Å². The molecule has 2 rings (SSSR count). The van der Waals surface area contributed by atoms with Gasteiger partial charge in [-0.05, 0) is 45.2 Å². The molecule has 1 aromatic heterocycles. The van der Waals surface area contributed by atoms with Gasteiger partial charge in [0, 0.05) is 39.2 Å². The van der Waals surface area contributed by atoms with E-state index in [0.717, 1.165) is 29.8 Å². The molecule has 154 valence electrons. The van der Waals surface area contributed by atoms with Gasteiger partial charge in [-0.1, -0.05) is 13.8 Å². The van der Waals surface area contributed by atoms with Gasteiger partial charge < -0.3 is 15.0 Å². The molecule has 1 fully saturated rings. The van der Waals surface area contributed by atoms with Crippen LogP contribution < -0.4 is 5.32 Å². The van der Waals surface area contributed by atoms with E-state index < -0.39 is 0 Å². The zero-order valence-corrected chi connectivity index (χ0v) is 18.7. The van der Waals surface area contributed by atoms with Crippen LogP contribution in [-0.4, -0.2) is 67.6 Å². The van der Waals surface area contributed by atoms with E-state index in [1.165, 1.54) is 32.4 Å². The average Bonchev–Trinajstić information content (AvgIpc) is 3.32. The van der Waals surface area contributed by atoms with Crippen LogP contribution in [0.3, 0.4) is 0 Å². The molecule has 6 nitrogen and oxygen atoms in total. The van der Waals surface area contributed by atoms with Gasteiger partial charge in [0.1, 0.15) is 11.1 Å². The van der Waals surface area contributed by atoms with Crippen LogP contribution in [0.15, 0.2) is 10.4 Å². The van der Waals surface area contributed by atoms with E-state index >= 15 is 0 Å². The van der Waals surface area contributed by atoms with Crippen molar-refractivity contribution in [3.05, 3.63) is 16.1 Å². The fourth-order valence-electron chi connectivity index (χ4n) is 3.61. The summed E-state index contributed by atoms with van der Waals surface area (Å²) >= 11 is 1.66. The van der Waals surface area contributed by atoms with Crippen molar-refractivity contribution in [3.63, 3.8) is 0 Å². The number of methoxy groups -OCH3 is 1. The van der Waals surface area contributed by atoms with Crippen molar-refractivity contribution in [3.8, 4) is 0 Å². The van der Waals surface area contributed by atoms with E-state index in [1.807, 2.05) is 14.0 Å². The van der Waals surface area contributed by atoms with Crippen molar-refractivity contribution in [2.75, 3.05) is 40.8 Å². The molecule has 0 radical (unpaired) electrons. The predicted molar refractivity (Wildman–Crippen MR) is 114 cm³/mol. The van der Waals surface area contributed by atoms with Crippen molar-refractivity contribution < 1.29 is 4.74 Å². The smallest absolute Gasteiger partial charge is 0.193 e. The van der Waals surface area contributed by atoms with Gasteiger partial charge in [0.25, 0.3) is 0 Å². The molecule has 1 aromatic rings. The number of nitrogens with one attached hydrogen (secondary N) is 1. The number of thiazole rings is 1. The van der Waals surface area contributed by atoms with Crippen LogP contribution in [0.2, 0.25) is 0 Å². The molecule has 2 unspecified atom stereocenters. The monoisotopic (exact) mass is 395 g/mol. The number of likely N-dealkylation sites (tertiary alicyclic amines) is 1. The molecule has 1 N–H and O–H groups in total. The van der Waals surface area contributed by atoms with Gasteiger partial charge in [-0.25, -0.2) is 4.98 Å². The molecule has 2 heterocycles. The lowest BCUT2D eigenvalue weighted by molar-refractivity contribution is 0.119. The molecular weight excluding hydrogens is 358 g/mol. The van der Waals surface area contributed by atoms with Crippen molar-refractivity contribution in [1.29, 1.82) is 0 Å². The van der Waals surface area contributed by atoms with E-state index in [-0.39, 0.29) is 6.10 Å². The largest absolute Gasteiger partial charge is 0.375 e. The standard InChI is InChI=1S/C20H37N5OS/c1-15(2)11-18(25-9-7-8-10-25)12-22-20(21-4)24(5)13-17-14-27-19(23-17)16(3)26-6/h14-16,18H,7-13H2,1-6H3,(H,21,22). The minimum Gasteiger partial charge on any atom is -0.375 e. The quantitative estimate of drug-likeness (QED) is 0.513. The summed E-state index contributed by atoms with van der Waals surface area (Å²) < 4.78 is 5.36. The number of ether oxygens (including phenoxy) is 1. The molecule has 0 bridgehead atoms. The third kappa shape index (κ3) is 6.73. The maximum Gasteiger partial charge on any atom is 0.193 e. The van der Waals surface area contributed by atoms with Crippen LogP contribution in [0.5, 0.6) is 0 Å². The number of aliphatic imine (C=N–C) groups is 1. The van der Waals surface area contributed by atoms with Crippen LogP contribution in [0.25, 0.3) is 0 Å². The fourth-order valence-corrected chi connectivity index (χ4v) is 4.45. The average molecular weight is 396 g/mol. The second kappa shape index (κ2) is 11.0. The highest BCUT2D eigenvalue weighted by atomic mass is 32.1. The maximum absolute atomic E-state index is 5.36. The number of hydrogen-bond donors (Lipinski definition) is 1. The highest BCUT2D eigenvalue weighted by Crippen LogP contribution is 2.21. The second-order valence-corrected chi connectivity index (χ2v) is 8.76. The lowest BCUT2D eigenvalue weighted by Gasteiger charge is -2.31. The summed E-state index contributed by atoms with van der Waals surface area (Å²) in [5, 5.41) is 6.73. The summed E-state index contributed by atoms with van der Waals surface area (Å²) in [4.78, 5) is 14.0. The molecule has 0 saturated carbocycles. The minimum atomic E-state index is 0.0451. The number of nitrogens with zero attached hydrogens (tertiary/aromatic N) is 4. The zero-order valence-electron chi connectivity index (χ0n) is 17.9. The Morgan fingerprint density at radius 2 is 2.07 bits per heavy atom. The SMILES string of the molecule is CN=C(NCC(CC(C)C)N1CCCC1)N(C)Cc1csc(C(C)OC)n1. The zero-order chi connectivity index (χ0) is 19.8. The first-order chi connectivity index (χ1) is 12.9. The summed E-state index contributed by atoms with van der Waals surface area (Å²) in [6, 6.07) is 0.575. The Hall–Kier alpha value is -1.18. The van der Waals surface area contributed by atoms with E-state index in [2.05, 4.69) is 46.4 Å². The first kappa shape index (κ1) is 22.1. The minimum absolute atomic E-state index is 0.0451. The van der Waals surface area contributed by atoms with Gasteiger partial charge in [0.05, 0.1) is 12.2 Å². The molecular formula is C20H37N5OS. The molecule has 0 spiro atoms. The first-order valence-corrected chi connectivity index (χ1v) is 11.0. The fraction of sp³-hybridized carbons (Fsp3) is 0.800. The number of rotatable bonds is 9. The Kier molecular flexibility index (Phi) is 8.99. The Morgan fingerprint density at radius 1 is 1.37 bits per heavy atom. The van der Waals surface area contributed by atoms with Crippen LogP contribution in [0.4, 0.5) is 0 Å². The summed E-state index contributed by atoms with van der Waals surface area (Å²) in [5.74, 6) is 1.63. The van der Waals surface area contributed by atoms with Gasteiger partial charge in [-0.2, -0.15) is 0 Å². The summed E-state index contributed by atoms with van der Waals surface area (Å²) in [5.41, 5.74) is 1.06. The van der Waals surface area contributed by atoms with Crippen LogP contribution in [-0.2, 0) is 11.3 Å². The van der Waals surface area contributed by atoms with E-state index in [9.17, 15) is 0 Å². The maximum atomic E-state index is 5.36. The molecule has 1 aliphatic heterocycles. The normalized spacial score (nSPS) is 18.1. The van der Waals surface area contributed by atoms with Gasteiger partial charge in [0.2, 0.25) is 0 Å². The van der Waals surface area contributed by atoms with Crippen LogP contribution >= 0.6 is 11.3 Å². The summed E-state index contributed by atoms with van der Waals surface area (Å²) in [6.07, 6.45) is 3.92. The lowest BCUT2D eigenvalue weighted by atomic mass is 10.0. The highest BCUT2D eigenvalue weighted by molar-refractivity contribution is 7.09. The predicted octanol–water partition coefficient (Wildman–Crippen LogP) is 3.37. The van der Waals surface area contributed by atoms with Gasteiger partial charge in [-0.15, -0.1) is 11.3 Å². The molecule has 1 saturated heterocycles. The second-order valence-electron chi connectivity index (χ2n) is 7.87. The van der Waals surface area contributed by atoms with Crippen LogP contribution in [0.1, 0.15) is 56.8 Å². The molecule has 1 aliphatic rings. The number of aromatic nitrogens is 1. The van der Waals surface area contributed by atoms with Gasteiger partial charge in [-0.3, -0.25) is 9.89 Å². The molecule has 7 heteroatoms. The van der Waals surface area contributed by atoms with Crippen molar-refractivity contribution in [2.45, 2.75) is 58.7 Å². The molecule has 2 atom stereocenters. The van der Waals surface area contributed by atoms with Crippen molar-refractivity contribution in [1.82, 2.24) is 20.1 Å². The van der Waals surface area contributed by atoms with Crippen molar-refractivity contribution in [2.24, 2.45) is 10.9 Å². The molecule has 0 amide bonds. The Morgan fingerprint density at radius 3 is 2.67 bits per heavy atom. The third-order valence-corrected chi connectivity index (χ3v) is 6.19. The topological polar surface area (TPSA) is 53.0 Å². The van der Waals surface area contributed by atoms with E-state index in [0.29, 0.717) is 12.0 Å². The Bertz CT molecular complexity index is 583. The van der Waals surface area contributed by atoms with E-state index in [4.69, 9.17) is 9.72 Å². The molecule has 0 aromatic carbocycles. The highest BCUT2D eigenvalue weighted by Gasteiger charge is 2.23. The molecule has 27 heavy (non-hydrogen) atoms. The lowest BCUT2D eigenvalue weighted by Crippen LogP contribution is -2.47. The first-order valence-electron chi connectivity index (χ1n) is 10.1. The summed E-state index contributed by atoms with van der Waals surface area (Å²) in [6.45, 7) is 10.8. The van der Waals surface area contributed by atoms with Gasteiger partial charge >= 0.3 is 0 Å². The van der Waals surface area contributed by atoms with Crippen LogP contribution in [0, 0.1) is 5.92 Å². The van der Waals surface area contributed by atoms with Crippen molar-refractivity contribution >= 4 is 17.3 Å². The Labute approximate surface area is 169 Å². The number of guanidine groups is 1. The Balaban J connectivity index is 1.91. The molecule has 0 aliphatic carbocycles. The summed E-state index contributed by atoms with van der Waals surface area (Å²) in [7, 11) is 5.64. The number of hydrogen-bond acceptors (Lipinski definition) is 5. The van der Waals surface area contributed by atoms with Gasteiger partial charge in [0.15, 0.2) is 5.96 Å². The third-order valence-electron chi connectivity index (χ3n) is 5.14.